The van der Waals surface area contributed by atoms with Gasteiger partial charge in [-0.2, -0.15) is 0 Å². The molecule has 0 radical (unpaired) electrons. The van der Waals surface area contributed by atoms with E-state index in [1.165, 1.54) is 5.56 Å². The van der Waals surface area contributed by atoms with E-state index in [0.717, 1.165) is 17.7 Å². The molecule has 0 saturated carbocycles. The van der Waals surface area contributed by atoms with Crippen molar-refractivity contribution in [3.63, 3.8) is 0 Å². The molecule has 1 amide bonds. The van der Waals surface area contributed by atoms with E-state index in [1.54, 1.807) is 6.92 Å². The van der Waals surface area contributed by atoms with Gasteiger partial charge in [-0.15, -0.1) is 0 Å². The summed E-state index contributed by atoms with van der Waals surface area (Å²) < 4.78 is 0. The van der Waals surface area contributed by atoms with E-state index in [9.17, 15) is 14.7 Å². The van der Waals surface area contributed by atoms with E-state index in [2.05, 4.69) is 17.4 Å². The maximum absolute atomic E-state index is 12.5. The van der Waals surface area contributed by atoms with Crippen LogP contribution in [0.1, 0.15) is 24.5 Å². The smallest absolute Gasteiger partial charge is 0.310 e. The van der Waals surface area contributed by atoms with Crippen LogP contribution in [0.2, 0.25) is 0 Å². The maximum atomic E-state index is 12.5. The number of hydrogen-bond acceptors (Lipinski definition) is 3. The SMILES string of the molecule is CC1(C(=O)O)CCN(CC(=O)Nc2ccccc2Cc2ccccc2)C1. The van der Waals surface area contributed by atoms with Gasteiger partial charge in [-0.1, -0.05) is 48.5 Å². The molecule has 2 aromatic rings. The predicted octanol–water partition coefficient (Wildman–Crippen LogP) is 3.01. The van der Waals surface area contributed by atoms with Gasteiger partial charge in [0.2, 0.25) is 5.91 Å². The number of carbonyl (C=O) groups is 2. The summed E-state index contributed by atoms with van der Waals surface area (Å²) in [5, 5.41) is 12.3. The molecule has 136 valence electrons. The molecule has 0 spiro atoms. The molecule has 3 rings (SSSR count). The minimum atomic E-state index is -0.798. The lowest BCUT2D eigenvalue weighted by Crippen LogP contribution is -2.36. The van der Waals surface area contributed by atoms with Gasteiger partial charge in [-0.05, 0) is 43.5 Å². The molecule has 1 atom stereocenters. The van der Waals surface area contributed by atoms with E-state index in [4.69, 9.17) is 0 Å². The van der Waals surface area contributed by atoms with E-state index in [-0.39, 0.29) is 12.5 Å². The number of aliphatic carboxylic acids is 1. The highest BCUT2D eigenvalue weighted by Crippen LogP contribution is 2.30. The first-order chi connectivity index (χ1) is 12.5. The molecule has 26 heavy (non-hydrogen) atoms. The Balaban J connectivity index is 1.62. The molecule has 0 aromatic heterocycles. The molecule has 1 aliphatic heterocycles. The van der Waals surface area contributed by atoms with E-state index >= 15 is 0 Å². The fourth-order valence-corrected chi connectivity index (χ4v) is 3.37. The molecule has 1 unspecified atom stereocenters. The Hall–Kier alpha value is -2.66. The molecule has 1 heterocycles. The third-order valence-electron chi connectivity index (χ3n) is 4.96. The number of likely N-dealkylation sites (tertiary alicyclic amines) is 1. The van der Waals surface area contributed by atoms with Gasteiger partial charge >= 0.3 is 5.97 Å². The van der Waals surface area contributed by atoms with Gasteiger partial charge < -0.3 is 10.4 Å². The number of carbonyl (C=O) groups excluding carboxylic acids is 1. The second-order valence-corrected chi connectivity index (χ2v) is 7.19. The molecule has 5 heteroatoms. The first kappa shape index (κ1) is 18.1. The fourth-order valence-electron chi connectivity index (χ4n) is 3.37. The van der Waals surface area contributed by atoms with Crippen LogP contribution in [0.4, 0.5) is 5.69 Å². The number of carboxylic acids is 1. The molecule has 0 aliphatic carbocycles. The minimum Gasteiger partial charge on any atom is -0.481 e. The third-order valence-corrected chi connectivity index (χ3v) is 4.96. The van der Waals surface area contributed by atoms with Crippen LogP contribution in [-0.4, -0.2) is 41.5 Å². The first-order valence-electron chi connectivity index (χ1n) is 8.84. The highest BCUT2D eigenvalue weighted by molar-refractivity contribution is 5.93. The monoisotopic (exact) mass is 352 g/mol. The summed E-state index contributed by atoms with van der Waals surface area (Å²) in [4.78, 5) is 25.7. The van der Waals surface area contributed by atoms with Gasteiger partial charge in [0.05, 0.1) is 12.0 Å². The van der Waals surface area contributed by atoms with Crippen LogP contribution < -0.4 is 5.32 Å². The number of nitrogens with zero attached hydrogens (tertiary/aromatic N) is 1. The Bertz CT molecular complexity index is 791. The number of hydrogen-bond donors (Lipinski definition) is 2. The molecular formula is C21H24N2O3. The lowest BCUT2D eigenvalue weighted by Gasteiger charge is -2.20. The average Bonchev–Trinajstić information content (AvgIpc) is 3.00. The summed E-state index contributed by atoms with van der Waals surface area (Å²) in [5.41, 5.74) is 2.29. The first-order valence-corrected chi connectivity index (χ1v) is 8.84. The Morgan fingerprint density at radius 3 is 2.50 bits per heavy atom. The van der Waals surface area contributed by atoms with Crippen molar-refractivity contribution in [2.75, 3.05) is 25.0 Å². The zero-order valence-corrected chi connectivity index (χ0v) is 14.9. The average molecular weight is 352 g/mol. The van der Waals surface area contributed by atoms with Crippen molar-refractivity contribution in [3.8, 4) is 0 Å². The van der Waals surface area contributed by atoms with E-state index in [0.29, 0.717) is 19.5 Å². The predicted molar refractivity (Wildman–Crippen MR) is 101 cm³/mol. The van der Waals surface area contributed by atoms with Crippen LogP contribution in [0.3, 0.4) is 0 Å². The van der Waals surface area contributed by atoms with Crippen LogP contribution in [-0.2, 0) is 16.0 Å². The largest absolute Gasteiger partial charge is 0.481 e. The van der Waals surface area contributed by atoms with Crippen LogP contribution in [0.25, 0.3) is 0 Å². The molecule has 2 aromatic carbocycles. The van der Waals surface area contributed by atoms with Crippen LogP contribution >= 0.6 is 0 Å². The fraction of sp³-hybridized carbons (Fsp3) is 0.333. The van der Waals surface area contributed by atoms with Gasteiger partial charge in [-0.3, -0.25) is 14.5 Å². The van der Waals surface area contributed by atoms with Gasteiger partial charge in [0.15, 0.2) is 0 Å². The van der Waals surface area contributed by atoms with Crippen molar-refractivity contribution < 1.29 is 14.7 Å². The Morgan fingerprint density at radius 2 is 1.81 bits per heavy atom. The van der Waals surface area contributed by atoms with Crippen molar-refractivity contribution in [2.24, 2.45) is 5.41 Å². The summed E-state index contributed by atoms with van der Waals surface area (Å²) in [5.74, 6) is -0.909. The van der Waals surface area contributed by atoms with Crippen LogP contribution in [0.5, 0.6) is 0 Å². The Labute approximate surface area is 153 Å². The number of para-hydroxylation sites is 1. The topological polar surface area (TPSA) is 69.6 Å². The number of nitrogens with one attached hydrogen (secondary N) is 1. The molecular weight excluding hydrogens is 328 g/mol. The number of rotatable bonds is 6. The molecule has 1 fully saturated rings. The lowest BCUT2D eigenvalue weighted by molar-refractivity contribution is -0.147. The van der Waals surface area contributed by atoms with E-state index < -0.39 is 11.4 Å². The number of carboxylic acid groups (broad SMARTS) is 1. The summed E-state index contributed by atoms with van der Waals surface area (Å²) >= 11 is 0. The second-order valence-electron chi connectivity index (χ2n) is 7.19. The normalized spacial score (nSPS) is 20.0. The van der Waals surface area contributed by atoms with Crippen molar-refractivity contribution in [2.45, 2.75) is 19.8 Å². The van der Waals surface area contributed by atoms with Crippen LogP contribution in [0, 0.1) is 5.41 Å². The van der Waals surface area contributed by atoms with Crippen molar-refractivity contribution >= 4 is 17.6 Å². The number of amides is 1. The zero-order valence-electron chi connectivity index (χ0n) is 14.9. The molecule has 2 N–H and O–H groups in total. The zero-order chi connectivity index (χ0) is 18.6. The van der Waals surface area contributed by atoms with Crippen molar-refractivity contribution in [1.82, 2.24) is 4.90 Å². The number of benzene rings is 2. The van der Waals surface area contributed by atoms with Gasteiger partial charge in [0.25, 0.3) is 0 Å². The summed E-state index contributed by atoms with van der Waals surface area (Å²) in [7, 11) is 0. The van der Waals surface area contributed by atoms with Crippen LogP contribution in [0.15, 0.2) is 54.6 Å². The maximum Gasteiger partial charge on any atom is 0.310 e. The quantitative estimate of drug-likeness (QED) is 0.838. The van der Waals surface area contributed by atoms with Crippen molar-refractivity contribution in [3.05, 3.63) is 65.7 Å². The Morgan fingerprint density at radius 1 is 1.12 bits per heavy atom. The lowest BCUT2D eigenvalue weighted by atomic mass is 9.90. The van der Waals surface area contributed by atoms with Gasteiger partial charge in [0.1, 0.15) is 0 Å². The summed E-state index contributed by atoms with van der Waals surface area (Å²) in [6.07, 6.45) is 1.32. The highest BCUT2D eigenvalue weighted by atomic mass is 16.4. The third kappa shape index (κ3) is 4.29. The minimum absolute atomic E-state index is 0.111. The summed E-state index contributed by atoms with van der Waals surface area (Å²) in [6, 6.07) is 17.9. The standard InChI is InChI=1S/C21H24N2O3/c1-21(20(25)26)11-12-23(15-21)14-19(24)22-18-10-6-5-9-17(18)13-16-7-3-2-4-8-16/h2-10H,11-15H2,1H3,(H,22,24)(H,25,26). The van der Waals surface area contributed by atoms with Crippen molar-refractivity contribution in [1.29, 1.82) is 0 Å². The molecule has 0 bridgehead atoms. The number of anilines is 1. The molecule has 5 nitrogen and oxygen atoms in total. The van der Waals surface area contributed by atoms with E-state index in [1.807, 2.05) is 47.4 Å². The molecule has 1 aliphatic rings. The van der Waals surface area contributed by atoms with Gasteiger partial charge in [-0.25, -0.2) is 0 Å². The van der Waals surface area contributed by atoms with Gasteiger partial charge in [0, 0.05) is 12.2 Å². The second kappa shape index (κ2) is 7.70. The highest BCUT2D eigenvalue weighted by Gasteiger charge is 2.40. The Kier molecular flexibility index (Phi) is 5.38. The summed E-state index contributed by atoms with van der Waals surface area (Å²) in [6.45, 7) is 2.98. The molecule has 1 saturated heterocycles.